The number of rotatable bonds is 4. The molecule has 1 aliphatic rings. The number of carbonyl (C=O) groups is 2. The van der Waals surface area contributed by atoms with E-state index in [9.17, 15) is 9.59 Å². The van der Waals surface area contributed by atoms with Crippen molar-refractivity contribution in [3.63, 3.8) is 0 Å². The third-order valence-corrected chi connectivity index (χ3v) is 3.82. The zero-order valence-corrected chi connectivity index (χ0v) is 12.5. The molecule has 0 aromatic rings. The second-order valence-electron chi connectivity index (χ2n) is 6.28. The van der Waals surface area contributed by atoms with Gasteiger partial charge >= 0.3 is 11.9 Å². The molecule has 0 aromatic carbocycles. The molecule has 0 N–H and O–H groups in total. The minimum atomic E-state index is -0.434. The summed E-state index contributed by atoms with van der Waals surface area (Å²) >= 11 is 0. The molecule has 2 atom stereocenters. The minimum absolute atomic E-state index is 0.0645. The van der Waals surface area contributed by atoms with Crippen LogP contribution in [0.4, 0.5) is 0 Å². The third-order valence-electron chi connectivity index (χ3n) is 3.82. The van der Waals surface area contributed by atoms with Gasteiger partial charge in [-0.3, -0.25) is 4.79 Å². The highest BCUT2D eigenvalue weighted by Crippen LogP contribution is 2.37. The first-order valence-electron chi connectivity index (χ1n) is 7.19. The fourth-order valence-corrected chi connectivity index (χ4v) is 2.54. The standard InChI is InChI=1S/C15H26O4/c1-5-13(16)18-10-14(17)19-12-9-15(3,4)8-6-7-11(12)2/h11-12H,5-10H2,1-4H3/t11-,12-/m1/s1. The van der Waals surface area contributed by atoms with E-state index in [2.05, 4.69) is 20.8 Å². The molecule has 1 rings (SSSR count). The van der Waals surface area contributed by atoms with Gasteiger partial charge in [0.15, 0.2) is 6.61 Å². The smallest absolute Gasteiger partial charge is 0.344 e. The van der Waals surface area contributed by atoms with E-state index in [1.165, 1.54) is 6.42 Å². The van der Waals surface area contributed by atoms with Gasteiger partial charge in [0.05, 0.1) is 0 Å². The minimum Gasteiger partial charge on any atom is -0.460 e. The van der Waals surface area contributed by atoms with E-state index in [1.54, 1.807) is 6.92 Å². The van der Waals surface area contributed by atoms with Crippen molar-refractivity contribution in [3.05, 3.63) is 0 Å². The monoisotopic (exact) mass is 270 g/mol. The fraction of sp³-hybridized carbons (Fsp3) is 0.867. The van der Waals surface area contributed by atoms with Crippen LogP contribution in [0.1, 0.15) is 59.8 Å². The summed E-state index contributed by atoms with van der Waals surface area (Å²) in [4.78, 5) is 22.7. The van der Waals surface area contributed by atoms with E-state index in [-0.39, 0.29) is 30.5 Å². The fourth-order valence-electron chi connectivity index (χ4n) is 2.54. The molecule has 0 radical (unpaired) electrons. The predicted octanol–water partition coefficient (Wildman–Crippen LogP) is 3.09. The van der Waals surface area contributed by atoms with Crippen LogP contribution in [-0.2, 0) is 19.1 Å². The zero-order valence-electron chi connectivity index (χ0n) is 12.5. The van der Waals surface area contributed by atoms with Crippen LogP contribution in [0, 0.1) is 11.3 Å². The summed E-state index contributed by atoms with van der Waals surface area (Å²) in [6, 6.07) is 0. The SMILES string of the molecule is CCC(=O)OCC(=O)O[C@@H]1CC(C)(C)CCC[C@H]1C. The van der Waals surface area contributed by atoms with Crippen molar-refractivity contribution < 1.29 is 19.1 Å². The molecule has 4 heteroatoms. The van der Waals surface area contributed by atoms with Crippen LogP contribution in [0.5, 0.6) is 0 Å². The van der Waals surface area contributed by atoms with Gasteiger partial charge in [-0.1, -0.05) is 34.1 Å². The Balaban J connectivity index is 2.48. The van der Waals surface area contributed by atoms with Crippen molar-refractivity contribution in [2.24, 2.45) is 11.3 Å². The Labute approximate surface area is 115 Å². The van der Waals surface area contributed by atoms with Crippen molar-refractivity contribution in [2.45, 2.75) is 65.9 Å². The van der Waals surface area contributed by atoms with Crippen LogP contribution in [0.15, 0.2) is 0 Å². The lowest BCUT2D eigenvalue weighted by Gasteiger charge is -2.28. The molecule has 1 aliphatic carbocycles. The van der Waals surface area contributed by atoms with Crippen LogP contribution in [0.2, 0.25) is 0 Å². The summed E-state index contributed by atoms with van der Waals surface area (Å²) in [5, 5.41) is 0. The van der Waals surface area contributed by atoms with E-state index in [1.807, 2.05) is 0 Å². The highest BCUT2D eigenvalue weighted by Gasteiger charge is 2.32. The second kappa shape index (κ2) is 6.92. The number of esters is 2. The Bertz CT molecular complexity index is 322. The van der Waals surface area contributed by atoms with Crippen LogP contribution >= 0.6 is 0 Å². The van der Waals surface area contributed by atoms with E-state index < -0.39 is 5.97 Å². The molecule has 0 aromatic heterocycles. The molecular weight excluding hydrogens is 244 g/mol. The van der Waals surface area contributed by atoms with E-state index in [0.717, 1.165) is 19.3 Å². The van der Waals surface area contributed by atoms with Gasteiger partial charge in [0.25, 0.3) is 0 Å². The molecule has 0 heterocycles. The Morgan fingerprint density at radius 3 is 2.58 bits per heavy atom. The third kappa shape index (κ3) is 5.62. The maximum Gasteiger partial charge on any atom is 0.344 e. The summed E-state index contributed by atoms with van der Waals surface area (Å²) in [6.07, 6.45) is 4.51. The predicted molar refractivity (Wildman–Crippen MR) is 72.5 cm³/mol. The van der Waals surface area contributed by atoms with E-state index in [0.29, 0.717) is 5.92 Å². The van der Waals surface area contributed by atoms with Gasteiger partial charge in [-0.05, 0) is 30.6 Å². The highest BCUT2D eigenvalue weighted by atomic mass is 16.6. The van der Waals surface area contributed by atoms with Crippen molar-refractivity contribution in [1.29, 1.82) is 0 Å². The first-order valence-corrected chi connectivity index (χ1v) is 7.19. The summed E-state index contributed by atoms with van der Waals surface area (Å²) in [6.45, 7) is 7.98. The largest absolute Gasteiger partial charge is 0.460 e. The maximum absolute atomic E-state index is 11.7. The van der Waals surface area contributed by atoms with Crippen LogP contribution in [0.25, 0.3) is 0 Å². The zero-order chi connectivity index (χ0) is 14.5. The first-order chi connectivity index (χ1) is 8.84. The summed E-state index contributed by atoms with van der Waals surface area (Å²) in [5.74, 6) is -0.435. The summed E-state index contributed by atoms with van der Waals surface area (Å²) in [7, 11) is 0. The van der Waals surface area contributed by atoms with Crippen molar-refractivity contribution >= 4 is 11.9 Å². The number of ether oxygens (including phenoxy) is 2. The van der Waals surface area contributed by atoms with Gasteiger partial charge < -0.3 is 9.47 Å². The number of carbonyl (C=O) groups excluding carboxylic acids is 2. The second-order valence-corrected chi connectivity index (χ2v) is 6.28. The summed E-state index contributed by atoms with van der Waals surface area (Å²) < 4.78 is 10.3. The number of hydrogen-bond donors (Lipinski definition) is 0. The van der Waals surface area contributed by atoms with Gasteiger partial charge in [-0.2, -0.15) is 0 Å². The molecule has 0 amide bonds. The lowest BCUT2D eigenvalue weighted by Crippen LogP contribution is -2.30. The topological polar surface area (TPSA) is 52.6 Å². The molecule has 0 saturated heterocycles. The van der Waals surface area contributed by atoms with E-state index >= 15 is 0 Å². The number of hydrogen-bond acceptors (Lipinski definition) is 4. The molecule has 0 aliphatic heterocycles. The Kier molecular flexibility index (Phi) is 5.83. The molecule has 4 nitrogen and oxygen atoms in total. The molecule has 19 heavy (non-hydrogen) atoms. The average molecular weight is 270 g/mol. The Morgan fingerprint density at radius 2 is 1.95 bits per heavy atom. The quantitative estimate of drug-likeness (QED) is 0.582. The van der Waals surface area contributed by atoms with E-state index in [4.69, 9.17) is 9.47 Å². The molecule has 0 spiro atoms. The van der Waals surface area contributed by atoms with Gasteiger partial charge in [-0.15, -0.1) is 0 Å². The van der Waals surface area contributed by atoms with Gasteiger partial charge in [0.2, 0.25) is 0 Å². The lowest BCUT2D eigenvalue weighted by atomic mass is 9.83. The first kappa shape index (κ1) is 16.0. The Morgan fingerprint density at radius 1 is 1.26 bits per heavy atom. The van der Waals surface area contributed by atoms with Gasteiger partial charge in [0, 0.05) is 6.42 Å². The molecule has 0 unspecified atom stereocenters. The van der Waals surface area contributed by atoms with Crippen molar-refractivity contribution in [3.8, 4) is 0 Å². The average Bonchev–Trinajstić information content (AvgIpc) is 2.45. The lowest BCUT2D eigenvalue weighted by molar-refractivity contribution is -0.164. The molecule has 110 valence electrons. The van der Waals surface area contributed by atoms with Crippen LogP contribution in [0.3, 0.4) is 0 Å². The van der Waals surface area contributed by atoms with Gasteiger partial charge in [0.1, 0.15) is 6.10 Å². The van der Waals surface area contributed by atoms with Crippen molar-refractivity contribution in [1.82, 2.24) is 0 Å². The molecule has 0 bridgehead atoms. The van der Waals surface area contributed by atoms with Crippen molar-refractivity contribution in [2.75, 3.05) is 6.61 Å². The molecule has 1 saturated carbocycles. The molecule has 1 fully saturated rings. The Hall–Kier alpha value is -1.06. The van der Waals surface area contributed by atoms with Crippen LogP contribution in [-0.4, -0.2) is 24.6 Å². The normalized spacial score (nSPS) is 26.3. The summed E-state index contributed by atoms with van der Waals surface area (Å²) in [5.41, 5.74) is 0.204. The molecular formula is C15H26O4. The van der Waals surface area contributed by atoms with Crippen LogP contribution < -0.4 is 0 Å². The highest BCUT2D eigenvalue weighted by molar-refractivity contribution is 5.76. The maximum atomic E-state index is 11.7. The van der Waals surface area contributed by atoms with Gasteiger partial charge in [-0.25, -0.2) is 4.79 Å².